The van der Waals surface area contributed by atoms with Crippen LogP contribution in [0.25, 0.3) is 11.0 Å². The van der Waals surface area contributed by atoms with Gasteiger partial charge in [0.25, 0.3) is 0 Å². The van der Waals surface area contributed by atoms with E-state index >= 15 is 0 Å². The number of alkyl halides is 1. The summed E-state index contributed by atoms with van der Waals surface area (Å²) in [4.78, 5) is 7.16. The van der Waals surface area contributed by atoms with Crippen LogP contribution in [0.5, 0.6) is 0 Å². The molecule has 2 rings (SSSR count). The maximum absolute atomic E-state index is 5.72. The molecule has 2 heterocycles. The molecule has 1 N–H and O–H groups in total. The summed E-state index contributed by atoms with van der Waals surface area (Å²) in [5.41, 5.74) is 2.03. The molecule has 0 unspecified atom stereocenters. The monoisotopic (exact) mass is 226 g/mol. The summed E-state index contributed by atoms with van der Waals surface area (Å²) in [7, 11) is 0. The van der Waals surface area contributed by atoms with Crippen molar-refractivity contribution in [1.29, 1.82) is 0 Å². The second-order valence-corrected chi connectivity index (χ2v) is 2.61. The predicted octanol–water partition coefficient (Wildman–Crippen LogP) is 4.35. The van der Waals surface area contributed by atoms with Gasteiger partial charge in [0.05, 0.1) is 0 Å². The molecule has 0 saturated carbocycles. The van der Waals surface area contributed by atoms with Gasteiger partial charge in [-0.1, -0.05) is 27.7 Å². The summed E-state index contributed by atoms with van der Waals surface area (Å²) in [6.07, 6.45) is 3.63. The van der Waals surface area contributed by atoms with Crippen LogP contribution in [0.1, 0.15) is 33.3 Å². The van der Waals surface area contributed by atoms with Crippen LogP contribution in [0.3, 0.4) is 0 Å². The summed E-state index contributed by atoms with van der Waals surface area (Å²) >= 11 is 5.72. The van der Waals surface area contributed by atoms with Crippen LogP contribution in [0, 0.1) is 0 Å². The largest absolute Gasteiger partial charge is 0.346 e. The Morgan fingerprint density at radius 1 is 1.20 bits per heavy atom. The van der Waals surface area contributed by atoms with E-state index in [4.69, 9.17) is 11.6 Å². The van der Waals surface area contributed by atoms with Crippen molar-refractivity contribution in [3.05, 3.63) is 30.1 Å². The molecule has 0 spiro atoms. The van der Waals surface area contributed by atoms with Gasteiger partial charge in [-0.25, -0.2) is 4.98 Å². The second kappa shape index (κ2) is 8.30. The smallest absolute Gasteiger partial charge is 0.137 e. The summed E-state index contributed by atoms with van der Waals surface area (Å²) in [5.74, 6) is 0.539. The van der Waals surface area contributed by atoms with E-state index < -0.39 is 0 Å². The van der Waals surface area contributed by atoms with Gasteiger partial charge in [-0.2, -0.15) is 0 Å². The standard InChI is InChI=1S/C8H7ClN2.2C2H6/c9-5-6-1-3-10-8-7(6)2-4-11-8;2*1-2/h1-4H,5H2,(H,10,11);2*1-2H3. The molecule has 3 heteroatoms. The Bertz CT molecular complexity index is 368. The van der Waals surface area contributed by atoms with Crippen molar-refractivity contribution in [3.63, 3.8) is 0 Å². The molecule has 2 nitrogen and oxygen atoms in total. The summed E-state index contributed by atoms with van der Waals surface area (Å²) in [6.45, 7) is 8.00. The van der Waals surface area contributed by atoms with Crippen molar-refractivity contribution in [2.45, 2.75) is 33.6 Å². The fraction of sp³-hybridized carbons (Fsp3) is 0.417. The number of nitrogens with zero attached hydrogens (tertiary/aromatic N) is 1. The molecule has 0 amide bonds. The van der Waals surface area contributed by atoms with Gasteiger partial charge in [0.2, 0.25) is 0 Å². The highest BCUT2D eigenvalue weighted by Crippen LogP contribution is 2.16. The number of fused-ring (bicyclic) bond motifs is 1. The van der Waals surface area contributed by atoms with E-state index in [9.17, 15) is 0 Å². The molecule has 0 fully saturated rings. The number of hydrogen-bond donors (Lipinski definition) is 1. The van der Waals surface area contributed by atoms with E-state index in [-0.39, 0.29) is 0 Å². The van der Waals surface area contributed by atoms with Gasteiger partial charge in [0.1, 0.15) is 5.65 Å². The lowest BCUT2D eigenvalue weighted by Gasteiger charge is -1.94. The second-order valence-electron chi connectivity index (χ2n) is 2.34. The summed E-state index contributed by atoms with van der Waals surface area (Å²) < 4.78 is 0. The third-order valence-electron chi connectivity index (χ3n) is 1.69. The van der Waals surface area contributed by atoms with Crippen LogP contribution in [0.15, 0.2) is 24.5 Å². The molecule has 2 aromatic heterocycles. The van der Waals surface area contributed by atoms with Gasteiger partial charge in [0.15, 0.2) is 0 Å². The zero-order valence-electron chi connectivity index (χ0n) is 9.84. The molecule has 0 atom stereocenters. The first-order valence-electron chi connectivity index (χ1n) is 5.39. The van der Waals surface area contributed by atoms with Crippen molar-refractivity contribution in [2.24, 2.45) is 0 Å². The maximum Gasteiger partial charge on any atom is 0.137 e. The molecule has 0 aliphatic carbocycles. The van der Waals surface area contributed by atoms with Crippen molar-refractivity contribution in [2.75, 3.05) is 0 Å². The number of hydrogen-bond acceptors (Lipinski definition) is 1. The number of halogens is 1. The number of aromatic nitrogens is 2. The van der Waals surface area contributed by atoms with E-state index in [1.807, 2.05) is 46.0 Å². The molecule has 15 heavy (non-hydrogen) atoms. The number of nitrogens with one attached hydrogen (secondary N) is 1. The molecule has 0 aliphatic heterocycles. The van der Waals surface area contributed by atoms with E-state index in [0.29, 0.717) is 5.88 Å². The molecule has 0 bridgehead atoms. The Morgan fingerprint density at radius 2 is 1.87 bits per heavy atom. The first kappa shape index (κ1) is 14.0. The van der Waals surface area contributed by atoms with Crippen molar-refractivity contribution in [3.8, 4) is 0 Å². The van der Waals surface area contributed by atoms with Crippen LogP contribution < -0.4 is 0 Å². The first-order valence-corrected chi connectivity index (χ1v) is 5.92. The van der Waals surface area contributed by atoms with E-state index in [1.165, 1.54) is 0 Å². The Morgan fingerprint density at radius 3 is 2.47 bits per heavy atom. The van der Waals surface area contributed by atoms with Gasteiger partial charge in [-0.15, -0.1) is 11.6 Å². The molecule has 0 radical (unpaired) electrons. The first-order chi connectivity index (χ1) is 7.42. The van der Waals surface area contributed by atoms with Crippen molar-refractivity contribution >= 4 is 22.6 Å². The highest BCUT2D eigenvalue weighted by atomic mass is 35.5. The van der Waals surface area contributed by atoms with Crippen LogP contribution in [0.4, 0.5) is 0 Å². The highest BCUT2D eigenvalue weighted by molar-refractivity contribution is 6.17. The third kappa shape index (κ3) is 3.56. The average molecular weight is 227 g/mol. The quantitative estimate of drug-likeness (QED) is 0.720. The minimum atomic E-state index is 0.539. The molecular weight excluding hydrogens is 208 g/mol. The lowest BCUT2D eigenvalue weighted by Crippen LogP contribution is -1.81. The third-order valence-corrected chi connectivity index (χ3v) is 1.98. The minimum absolute atomic E-state index is 0.539. The van der Waals surface area contributed by atoms with Gasteiger partial charge < -0.3 is 4.98 Å². The van der Waals surface area contributed by atoms with E-state index in [2.05, 4.69) is 9.97 Å². The average Bonchev–Trinajstić information content (AvgIpc) is 2.82. The highest BCUT2D eigenvalue weighted by Gasteiger charge is 1.99. The number of H-pyrrole nitrogens is 1. The lowest BCUT2D eigenvalue weighted by molar-refractivity contribution is 1.30. The minimum Gasteiger partial charge on any atom is -0.346 e. The van der Waals surface area contributed by atoms with Gasteiger partial charge >= 0.3 is 0 Å². The van der Waals surface area contributed by atoms with E-state index in [1.54, 1.807) is 6.20 Å². The molecule has 2 aromatic rings. The molecule has 0 aliphatic rings. The lowest BCUT2D eigenvalue weighted by atomic mass is 10.2. The Hall–Kier alpha value is -1.02. The maximum atomic E-state index is 5.72. The predicted molar refractivity (Wildman–Crippen MR) is 68.3 cm³/mol. The Labute approximate surface area is 96.7 Å². The molecule has 0 saturated heterocycles. The van der Waals surface area contributed by atoms with Crippen LogP contribution in [-0.2, 0) is 5.88 Å². The molecule has 0 aromatic carbocycles. The number of rotatable bonds is 1. The van der Waals surface area contributed by atoms with Crippen LogP contribution >= 0.6 is 11.6 Å². The molecular formula is C12H19ClN2. The molecule has 84 valence electrons. The SMILES string of the molecule is CC.CC.ClCc1ccnc2[nH]ccc12. The van der Waals surface area contributed by atoms with Crippen LogP contribution in [0.2, 0.25) is 0 Å². The number of pyridine rings is 1. The zero-order valence-corrected chi connectivity index (χ0v) is 10.6. The summed E-state index contributed by atoms with van der Waals surface area (Å²) in [6, 6.07) is 3.92. The van der Waals surface area contributed by atoms with Gasteiger partial charge in [-0.05, 0) is 17.7 Å². The Balaban J connectivity index is 0.000000442. The summed E-state index contributed by atoms with van der Waals surface area (Å²) in [5, 5.41) is 1.11. The van der Waals surface area contributed by atoms with Gasteiger partial charge in [0, 0.05) is 23.7 Å². The zero-order chi connectivity index (χ0) is 11.7. The topological polar surface area (TPSA) is 28.7 Å². The fourth-order valence-electron chi connectivity index (χ4n) is 1.13. The Kier molecular flexibility index (Phi) is 7.74. The van der Waals surface area contributed by atoms with Crippen molar-refractivity contribution in [1.82, 2.24) is 9.97 Å². The van der Waals surface area contributed by atoms with Crippen LogP contribution in [-0.4, -0.2) is 9.97 Å². The van der Waals surface area contributed by atoms with Crippen molar-refractivity contribution < 1.29 is 0 Å². The fourth-order valence-corrected chi connectivity index (χ4v) is 1.37. The number of aromatic amines is 1. The van der Waals surface area contributed by atoms with E-state index in [0.717, 1.165) is 16.6 Å². The van der Waals surface area contributed by atoms with Gasteiger partial charge in [-0.3, -0.25) is 0 Å². The normalized spacial score (nSPS) is 8.60.